The summed E-state index contributed by atoms with van der Waals surface area (Å²) in [6, 6.07) is 0.675. The number of rotatable bonds is 5. The van der Waals surface area contributed by atoms with Crippen molar-refractivity contribution in [1.82, 2.24) is 5.32 Å². The van der Waals surface area contributed by atoms with Crippen LogP contribution < -0.4 is 5.32 Å². The molecule has 0 aromatic rings. The Morgan fingerprint density at radius 3 is 2.48 bits per heavy atom. The van der Waals surface area contributed by atoms with E-state index < -0.39 is 0 Å². The maximum Gasteiger partial charge on any atom is 0.0543 e. The van der Waals surface area contributed by atoms with Gasteiger partial charge in [0.2, 0.25) is 0 Å². The average Bonchev–Trinajstić information content (AvgIpc) is 3.03. The molecule has 3 nitrogen and oxygen atoms in total. The summed E-state index contributed by atoms with van der Waals surface area (Å²) in [6.07, 6.45) is 14.4. The summed E-state index contributed by atoms with van der Waals surface area (Å²) in [5.41, 5.74) is 1.89. The smallest absolute Gasteiger partial charge is 0.0543 e. The molecule has 4 aliphatic rings. The largest absolute Gasteiger partial charge is 0.396 e. The van der Waals surface area contributed by atoms with E-state index in [1.807, 2.05) is 0 Å². The van der Waals surface area contributed by atoms with Gasteiger partial charge in [-0.2, -0.15) is 0 Å². The number of hydrogen-bond acceptors (Lipinski definition) is 3. The summed E-state index contributed by atoms with van der Waals surface area (Å²) in [5.74, 6) is 2.07. The highest BCUT2D eigenvalue weighted by Crippen LogP contribution is 2.63. The summed E-state index contributed by atoms with van der Waals surface area (Å²) in [5, 5.41) is 25.0. The van der Waals surface area contributed by atoms with Gasteiger partial charge in [-0.05, 0) is 98.8 Å². The fourth-order valence-electron chi connectivity index (χ4n) is 8.09. The Labute approximate surface area is 178 Å². The Hall–Kier alpha value is -0.380. The van der Waals surface area contributed by atoms with Crippen LogP contribution in [0.1, 0.15) is 90.9 Å². The maximum absolute atomic E-state index is 10.5. The third kappa shape index (κ3) is 3.96. The quantitative estimate of drug-likeness (QED) is 0.562. The van der Waals surface area contributed by atoms with Gasteiger partial charge in [-0.25, -0.2) is 0 Å². The monoisotopic (exact) mass is 403 g/mol. The summed E-state index contributed by atoms with van der Waals surface area (Å²) in [7, 11) is 0. The number of fused-ring (bicyclic) bond motifs is 1. The molecule has 4 saturated carbocycles. The molecule has 4 fully saturated rings. The van der Waals surface area contributed by atoms with Gasteiger partial charge in [0.25, 0.3) is 0 Å². The molecule has 166 valence electrons. The number of nitrogens with one attached hydrogen (secondary N) is 1. The molecular formula is C26H45NO2. The number of hydrogen-bond donors (Lipinski definition) is 3. The first-order valence-electron chi connectivity index (χ1n) is 12.6. The molecule has 3 heteroatoms. The lowest BCUT2D eigenvalue weighted by Gasteiger charge is -2.56. The van der Waals surface area contributed by atoms with E-state index in [2.05, 4.69) is 25.7 Å². The molecule has 0 aliphatic heterocycles. The van der Waals surface area contributed by atoms with Gasteiger partial charge < -0.3 is 15.5 Å². The average molecular weight is 404 g/mol. The van der Waals surface area contributed by atoms with Crippen LogP contribution in [-0.4, -0.2) is 35.5 Å². The maximum atomic E-state index is 10.5. The minimum absolute atomic E-state index is 0.145. The van der Waals surface area contributed by atoms with Crippen molar-refractivity contribution in [3.05, 3.63) is 12.2 Å². The lowest BCUT2D eigenvalue weighted by molar-refractivity contribution is -0.0935. The van der Waals surface area contributed by atoms with Crippen LogP contribution in [0.25, 0.3) is 0 Å². The van der Waals surface area contributed by atoms with Crippen molar-refractivity contribution in [1.29, 1.82) is 0 Å². The molecular weight excluding hydrogens is 358 g/mol. The summed E-state index contributed by atoms with van der Waals surface area (Å²) in [6.45, 7) is 10.7. The molecule has 3 N–H and O–H groups in total. The Balaban J connectivity index is 1.52. The van der Waals surface area contributed by atoms with Crippen molar-refractivity contribution in [3.63, 3.8) is 0 Å². The van der Waals surface area contributed by atoms with Crippen LogP contribution in [0.2, 0.25) is 0 Å². The molecule has 0 saturated heterocycles. The standard InChI is InChI=1S/C26H45NO2/c1-18-9-10-23-22(17-28)24(12-14-25(18,23)2)26(3)13-11-21(29)15-19(26)16-27-20-7-5-4-6-8-20/h19-24,27-29H,1,4-17H2,2-3H3. The van der Waals surface area contributed by atoms with E-state index in [0.717, 1.165) is 32.2 Å². The molecule has 0 spiro atoms. The third-order valence-corrected chi connectivity index (χ3v) is 10.2. The molecule has 0 radical (unpaired) electrons. The molecule has 4 aliphatic carbocycles. The van der Waals surface area contributed by atoms with Crippen LogP contribution >= 0.6 is 0 Å². The van der Waals surface area contributed by atoms with Crippen molar-refractivity contribution in [3.8, 4) is 0 Å². The van der Waals surface area contributed by atoms with Gasteiger partial charge in [0.15, 0.2) is 0 Å². The first-order valence-corrected chi connectivity index (χ1v) is 12.6. The van der Waals surface area contributed by atoms with Crippen molar-refractivity contribution in [2.45, 2.75) is 103 Å². The molecule has 0 heterocycles. The van der Waals surface area contributed by atoms with E-state index in [0.29, 0.717) is 36.3 Å². The summed E-state index contributed by atoms with van der Waals surface area (Å²) in [4.78, 5) is 0. The Kier molecular flexibility index (Phi) is 6.50. The zero-order valence-electron chi connectivity index (χ0n) is 19.0. The number of aliphatic hydroxyl groups excluding tert-OH is 2. The Morgan fingerprint density at radius 2 is 1.76 bits per heavy atom. The van der Waals surface area contributed by atoms with Crippen LogP contribution in [0.4, 0.5) is 0 Å². The fraction of sp³-hybridized carbons (Fsp3) is 0.923. The third-order valence-electron chi connectivity index (χ3n) is 10.2. The molecule has 7 unspecified atom stereocenters. The molecule has 0 aromatic carbocycles. The van der Waals surface area contributed by atoms with E-state index in [4.69, 9.17) is 0 Å². The lowest BCUT2D eigenvalue weighted by atomic mass is 9.49. The van der Waals surface area contributed by atoms with Gasteiger partial charge in [0, 0.05) is 12.6 Å². The summed E-state index contributed by atoms with van der Waals surface area (Å²) >= 11 is 0. The van der Waals surface area contributed by atoms with Gasteiger partial charge in [0.05, 0.1) is 6.10 Å². The van der Waals surface area contributed by atoms with Gasteiger partial charge in [0.1, 0.15) is 0 Å². The van der Waals surface area contributed by atoms with E-state index in [1.165, 1.54) is 56.9 Å². The Bertz CT molecular complexity index is 585. The molecule has 0 bridgehead atoms. The van der Waals surface area contributed by atoms with E-state index in [1.54, 1.807) is 0 Å². The van der Waals surface area contributed by atoms with Crippen molar-refractivity contribution in [2.75, 3.05) is 13.2 Å². The molecule has 7 atom stereocenters. The predicted molar refractivity (Wildman–Crippen MR) is 120 cm³/mol. The Morgan fingerprint density at radius 1 is 1.00 bits per heavy atom. The van der Waals surface area contributed by atoms with Crippen LogP contribution in [0.3, 0.4) is 0 Å². The molecule has 4 rings (SSSR count). The highest BCUT2D eigenvalue weighted by Gasteiger charge is 2.56. The van der Waals surface area contributed by atoms with Crippen LogP contribution in [-0.2, 0) is 0 Å². The lowest BCUT2D eigenvalue weighted by Crippen LogP contribution is -2.53. The minimum atomic E-state index is -0.145. The van der Waals surface area contributed by atoms with Gasteiger partial charge >= 0.3 is 0 Å². The first-order chi connectivity index (χ1) is 13.9. The zero-order chi connectivity index (χ0) is 20.6. The van der Waals surface area contributed by atoms with Gasteiger partial charge in [-0.3, -0.25) is 0 Å². The van der Waals surface area contributed by atoms with E-state index in [-0.39, 0.29) is 16.9 Å². The minimum Gasteiger partial charge on any atom is -0.396 e. The van der Waals surface area contributed by atoms with E-state index in [9.17, 15) is 10.2 Å². The summed E-state index contributed by atoms with van der Waals surface area (Å²) < 4.78 is 0. The second-order valence-corrected chi connectivity index (χ2v) is 11.5. The van der Waals surface area contributed by atoms with Crippen molar-refractivity contribution >= 4 is 0 Å². The normalized spacial score (nSPS) is 46.6. The van der Waals surface area contributed by atoms with Crippen LogP contribution in [0, 0.1) is 34.5 Å². The first kappa shape index (κ1) is 21.8. The van der Waals surface area contributed by atoms with Crippen molar-refractivity contribution < 1.29 is 10.2 Å². The SMILES string of the molecule is C=C1CCC2C(CO)C(C3(C)CCC(O)CC3CNC3CCCCC3)CCC12C. The fourth-order valence-corrected chi connectivity index (χ4v) is 8.09. The highest BCUT2D eigenvalue weighted by atomic mass is 16.3. The molecule has 0 amide bonds. The number of aliphatic hydroxyl groups is 2. The second kappa shape index (κ2) is 8.63. The van der Waals surface area contributed by atoms with Crippen LogP contribution in [0.5, 0.6) is 0 Å². The highest BCUT2D eigenvalue weighted by molar-refractivity contribution is 5.20. The molecule has 0 aromatic heterocycles. The van der Waals surface area contributed by atoms with Crippen molar-refractivity contribution in [2.24, 2.45) is 34.5 Å². The number of allylic oxidation sites excluding steroid dienone is 1. The van der Waals surface area contributed by atoms with Gasteiger partial charge in [-0.15, -0.1) is 0 Å². The molecule has 29 heavy (non-hydrogen) atoms. The predicted octanol–water partition coefficient (Wildman–Crippen LogP) is 5.07. The topological polar surface area (TPSA) is 52.5 Å². The van der Waals surface area contributed by atoms with Crippen LogP contribution in [0.15, 0.2) is 12.2 Å². The zero-order valence-corrected chi connectivity index (χ0v) is 19.0. The van der Waals surface area contributed by atoms with Gasteiger partial charge in [-0.1, -0.05) is 45.3 Å². The second-order valence-electron chi connectivity index (χ2n) is 11.5. The van der Waals surface area contributed by atoms with E-state index >= 15 is 0 Å².